The van der Waals surface area contributed by atoms with Gasteiger partial charge in [-0.05, 0) is 24.1 Å². The minimum absolute atomic E-state index is 0.00205. The molecule has 1 saturated heterocycles. The quantitative estimate of drug-likeness (QED) is 0.835. The topological polar surface area (TPSA) is 68.8 Å². The molecule has 20 heavy (non-hydrogen) atoms. The summed E-state index contributed by atoms with van der Waals surface area (Å²) in [7, 11) is 1.67. The van der Waals surface area contributed by atoms with Crippen LogP contribution in [0.1, 0.15) is 12.0 Å². The lowest BCUT2D eigenvalue weighted by molar-refractivity contribution is -0.123. The lowest BCUT2D eigenvalue weighted by Crippen LogP contribution is -2.39. The molecule has 1 aromatic rings. The number of hydrogen-bond donors (Lipinski definition) is 2. The first-order valence-electron chi connectivity index (χ1n) is 6.68. The normalized spacial score (nSPS) is 23.9. The maximum absolute atomic E-state index is 12.0. The number of benzene rings is 1. The molecule has 2 aliphatic rings. The molecule has 3 rings (SSSR count). The average molecular weight is 278 g/mol. The van der Waals surface area contributed by atoms with Crippen molar-refractivity contribution in [3.8, 4) is 11.5 Å². The molecule has 2 N–H and O–H groups in total. The monoisotopic (exact) mass is 278 g/mol. The summed E-state index contributed by atoms with van der Waals surface area (Å²) in [6.45, 7) is 1.46. The summed E-state index contributed by atoms with van der Waals surface area (Å²) < 4.78 is 15.8. The average Bonchev–Trinajstić information content (AvgIpc) is 3.12. The number of hydrogen-bond acceptors (Lipinski definition) is 5. The van der Waals surface area contributed by atoms with E-state index in [-0.39, 0.29) is 24.8 Å². The standard InChI is InChI=1S/C14H18N2O4/c1-18-10-5-11(15-7-10)14(17)16-6-9-2-3-12-13(4-9)20-8-19-12/h2-4,10-11,15H,5-8H2,1H3,(H,16,17). The zero-order valence-corrected chi connectivity index (χ0v) is 11.3. The second-order valence-corrected chi connectivity index (χ2v) is 4.96. The van der Waals surface area contributed by atoms with Gasteiger partial charge in [-0.3, -0.25) is 4.79 Å². The zero-order valence-electron chi connectivity index (χ0n) is 11.3. The van der Waals surface area contributed by atoms with Gasteiger partial charge in [0, 0.05) is 20.2 Å². The highest BCUT2D eigenvalue weighted by atomic mass is 16.7. The van der Waals surface area contributed by atoms with Crippen LogP contribution in [0.3, 0.4) is 0 Å². The van der Waals surface area contributed by atoms with E-state index in [2.05, 4.69) is 10.6 Å². The van der Waals surface area contributed by atoms with Gasteiger partial charge in [0.25, 0.3) is 0 Å². The molecule has 6 heteroatoms. The Labute approximate surface area is 117 Å². The SMILES string of the molecule is COC1CNC(C(=O)NCc2ccc3c(c2)OCO3)C1. The molecule has 2 atom stereocenters. The Balaban J connectivity index is 1.53. The van der Waals surface area contributed by atoms with Gasteiger partial charge in [-0.2, -0.15) is 0 Å². The van der Waals surface area contributed by atoms with Crippen molar-refractivity contribution in [2.75, 3.05) is 20.4 Å². The lowest BCUT2D eigenvalue weighted by atomic mass is 10.1. The predicted octanol–water partition coefficient (Wildman–Crippen LogP) is 0.408. The number of fused-ring (bicyclic) bond motifs is 1. The molecule has 0 radical (unpaired) electrons. The second kappa shape index (κ2) is 5.68. The van der Waals surface area contributed by atoms with E-state index in [0.29, 0.717) is 13.0 Å². The summed E-state index contributed by atoms with van der Waals surface area (Å²) in [4.78, 5) is 12.0. The first kappa shape index (κ1) is 13.2. The third-order valence-electron chi connectivity index (χ3n) is 3.64. The third kappa shape index (κ3) is 2.71. The van der Waals surface area contributed by atoms with Crippen LogP contribution in [0, 0.1) is 0 Å². The number of carbonyl (C=O) groups excluding carboxylic acids is 1. The van der Waals surface area contributed by atoms with E-state index >= 15 is 0 Å². The van der Waals surface area contributed by atoms with Crippen molar-refractivity contribution in [1.29, 1.82) is 0 Å². The largest absolute Gasteiger partial charge is 0.454 e. The number of methoxy groups -OCH3 is 1. The van der Waals surface area contributed by atoms with Gasteiger partial charge in [-0.1, -0.05) is 6.07 Å². The molecule has 2 heterocycles. The molecule has 1 amide bonds. The minimum Gasteiger partial charge on any atom is -0.454 e. The number of ether oxygens (including phenoxy) is 3. The van der Waals surface area contributed by atoms with E-state index in [0.717, 1.165) is 23.6 Å². The van der Waals surface area contributed by atoms with Crippen LogP contribution in [0.25, 0.3) is 0 Å². The van der Waals surface area contributed by atoms with Crippen molar-refractivity contribution >= 4 is 5.91 Å². The van der Waals surface area contributed by atoms with E-state index in [4.69, 9.17) is 14.2 Å². The first-order chi connectivity index (χ1) is 9.76. The smallest absolute Gasteiger partial charge is 0.237 e. The Morgan fingerprint density at radius 1 is 1.45 bits per heavy atom. The maximum Gasteiger partial charge on any atom is 0.237 e. The van der Waals surface area contributed by atoms with Crippen molar-refractivity contribution in [2.45, 2.75) is 25.1 Å². The molecular weight excluding hydrogens is 260 g/mol. The maximum atomic E-state index is 12.0. The molecule has 6 nitrogen and oxygen atoms in total. The van der Waals surface area contributed by atoms with Crippen LogP contribution >= 0.6 is 0 Å². The molecule has 0 saturated carbocycles. The molecular formula is C14H18N2O4. The van der Waals surface area contributed by atoms with Crippen LogP contribution in [0.5, 0.6) is 11.5 Å². The van der Waals surface area contributed by atoms with Crippen LogP contribution in [-0.4, -0.2) is 38.5 Å². The van der Waals surface area contributed by atoms with Crippen LogP contribution in [0.15, 0.2) is 18.2 Å². The Hall–Kier alpha value is -1.79. The van der Waals surface area contributed by atoms with Crippen molar-refractivity contribution < 1.29 is 19.0 Å². The molecule has 0 bridgehead atoms. The highest BCUT2D eigenvalue weighted by Gasteiger charge is 2.29. The highest BCUT2D eigenvalue weighted by molar-refractivity contribution is 5.82. The van der Waals surface area contributed by atoms with Crippen molar-refractivity contribution in [3.05, 3.63) is 23.8 Å². The Bertz CT molecular complexity index is 506. The fourth-order valence-electron chi connectivity index (χ4n) is 2.45. The summed E-state index contributed by atoms with van der Waals surface area (Å²) in [5.41, 5.74) is 0.990. The van der Waals surface area contributed by atoms with E-state index in [9.17, 15) is 4.79 Å². The Morgan fingerprint density at radius 3 is 3.10 bits per heavy atom. The molecule has 108 valence electrons. The molecule has 2 unspecified atom stereocenters. The molecule has 1 aromatic carbocycles. The third-order valence-corrected chi connectivity index (χ3v) is 3.64. The van der Waals surface area contributed by atoms with Crippen LogP contribution in [0.4, 0.5) is 0 Å². The first-order valence-corrected chi connectivity index (χ1v) is 6.68. The minimum atomic E-state index is -0.172. The fraction of sp³-hybridized carbons (Fsp3) is 0.500. The van der Waals surface area contributed by atoms with E-state index in [1.165, 1.54) is 0 Å². The van der Waals surface area contributed by atoms with Gasteiger partial charge in [-0.15, -0.1) is 0 Å². The van der Waals surface area contributed by atoms with E-state index < -0.39 is 0 Å². The Morgan fingerprint density at radius 2 is 2.30 bits per heavy atom. The van der Waals surface area contributed by atoms with E-state index in [1.807, 2.05) is 18.2 Å². The van der Waals surface area contributed by atoms with Crippen LogP contribution < -0.4 is 20.1 Å². The fourth-order valence-corrected chi connectivity index (χ4v) is 2.45. The van der Waals surface area contributed by atoms with Crippen LogP contribution in [0.2, 0.25) is 0 Å². The zero-order chi connectivity index (χ0) is 13.9. The van der Waals surface area contributed by atoms with E-state index in [1.54, 1.807) is 7.11 Å². The lowest BCUT2D eigenvalue weighted by Gasteiger charge is -2.11. The number of carbonyl (C=O) groups is 1. The summed E-state index contributed by atoms with van der Waals surface area (Å²) in [5.74, 6) is 1.48. The summed E-state index contributed by atoms with van der Waals surface area (Å²) >= 11 is 0. The summed E-state index contributed by atoms with van der Waals surface area (Å²) in [6, 6.07) is 5.50. The van der Waals surface area contributed by atoms with Crippen molar-refractivity contribution in [1.82, 2.24) is 10.6 Å². The summed E-state index contributed by atoms with van der Waals surface area (Å²) in [5, 5.41) is 6.08. The number of nitrogens with one attached hydrogen (secondary N) is 2. The number of rotatable bonds is 4. The van der Waals surface area contributed by atoms with Gasteiger partial charge < -0.3 is 24.8 Å². The molecule has 0 aliphatic carbocycles. The molecule has 0 spiro atoms. The number of amides is 1. The van der Waals surface area contributed by atoms with Gasteiger partial charge in [0.2, 0.25) is 12.7 Å². The molecule has 2 aliphatic heterocycles. The van der Waals surface area contributed by atoms with Crippen molar-refractivity contribution in [2.24, 2.45) is 0 Å². The Kier molecular flexibility index (Phi) is 3.75. The van der Waals surface area contributed by atoms with Gasteiger partial charge in [0.15, 0.2) is 11.5 Å². The van der Waals surface area contributed by atoms with Gasteiger partial charge in [0.05, 0.1) is 12.1 Å². The summed E-state index contributed by atoms with van der Waals surface area (Å²) in [6.07, 6.45) is 0.833. The van der Waals surface area contributed by atoms with Crippen LogP contribution in [-0.2, 0) is 16.1 Å². The van der Waals surface area contributed by atoms with Gasteiger partial charge in [0.1, 0.15) is 0 Å². The van der Waals surface area contributed by atoms with Crippen molar-refractivity contribution in [3.63, 3.8) is 0 Å². The van der Waals surface area contributed by atoms with Gasteiger partial charge in [-0.25, -0.2) is 0 Å². The molecule has 1 fully saturated rings. The predicted molar refractivity (Wildman–Crippen MR) is 71.6 cm³/mol. The molecule has 0 aromatic heterocycles. The highest BCUT2D eigenvalue weighted by Crippen LogP contribution is 2.32. The second-order valence-electron chi connectivity index (χ2n) is 4.96. The van der Waals surface area contributed by atoms with Gasteiger partial charge >= 0.3 is 0 Å².